The van der Waals surface area contributed by atoms with E-state index in [-0.39, 0.29) is 0 Å². The fourth-order valence-corrected chi connectivity index (χ4v) is 2.07. The summed E-state index contributed by atoms with van der Waals surface area (Å²) in [6.07, 6.45) is 1.70. The van der Waals surface area contributed by atoms with Crippen molar-refractivity contribution in [3.63, 3.8) is 0 Å². The Labute approximate surface area is 99.6 Å². The van der Waals surface area contributed by atoms with Gasteiger partial charge in [-0.3, -0.25) is 0 Å². The first kappa shape index (κ1) is 9.97. The lowest BCUT2D eigenvalue weighted by atomic mass is 10.1. The zero-order valence-corrected chi connectivity index (χ0v) is 9.66. The van der Waals surface area contributed by atoms with E-state index in [1.807, 2.05) is 25.1 Å². The van der Waals surface area contributed by atoms with Gasteiger partial charge in [0, 0.05) is 16.5 Å². The maximum atomic E-state index is 5.46. The van der Waals surface area contributed by atoms with Crippen molar-refractivity contribution >= 4 is 16.5 Å². The average Bonchev–Trinajstić information content (AvgIpc) is 2.95. The number of aromatic nitrogens is 1. The van der Waals surface area contributed by atoms with Gasteiger partial charge in [-0.05, 0) is 30.7 Å². The predicted molar refractivity (Wildman–Crippen MR) is 70.7 cm³/mol. The van der Waals surface area contributed by atoms with Gasteiger partial charge in [-0.25, -0.2) is 0 Å². The SMILES string of the molecule is C=C(C)c1occc1-c1cc2ccccc2[nH]1. The van der Waals surface area contributed by atoms with Gasteiger partial charge in [-0.1, -0.05) is 24.8 Å². The molecule has 3 rings (SSSR count). The second kappa shape index (κ2) is 3.67. The molecule has 0 saturated carbocycles. The number of hydrogen-bond donors (Lipinski definition) is 1. The van der Waals surface area contributed by atoms with Crippen molar-refractivity contribution in [2.24, 2.45) is 0 Å². The van der Waals surface area contributed by atoms with Crippen LogP contribution >= 0.6 is 0 Å². The summed E-state index contributed by atoms with van der Waals surface area (Å²) in [7, 11) is 0. The topological polar surface area (TPSA) is 28.9 Å². The van der Waals surface area contributed by atoms with Gasteiger partial charge < -0.3 is 9.40 Å². The van der Waals surface area contributed by atoms with Gasteiger partial charge in [0.2, 0.25) is 0 Å². The summed E-state index contributed by atoms with van der Waals surface area (Å²) in [5.41, 5.74) is 4.20. The highest BCUT2D eigenvalue weighted by Gasteiger charge is 2.11. The van der Waals surface area contributed by atoms with Crippen LogP contribution in [0.2, 0.25) is 0 Å². The highest BCUT2D eigenvalue weighted by Crippen LogP contribution is 2.30. The van der Waals surface area contributed by atoms with Crippen LogP contribution in [0, 0.1) is 0 Å². The minimum Gasteiger partial charge on any atom is -0.464 e. The van der Waals surface area contributed by atoms with Crippen LogP contribution in [0.25, 0.3) is 27.7 Å². The summed E-state index contributed by atoms with van der Waals surface area (Å²) in [5, 5.41) is 1.20. The molecule has 2 nitrogen and oxygen atoms in total. The highest BCUT2D eigenvalue weighted by molar-refractivity contribution is 5.87. The van der Waals surface area contributed by atoms with E-state index >= 15 is 0 Å². The van der Waals surface area contributed by atoms with Crippen LogP contribution in [-0.2, 0) is 0 Å². The maximum Gasteiger partial charge on any atom is 0.138 e. The summed E-state index contributed by atoms with van der Waals surface area (Å²) in [5.74, 6) is 0.844. The largest absolute Gasteiger partial charge is 0.464 e. The molecule has 0 radical (unpaired) electrons. The first-order valence-electron chi connectivity index (χ1n) is 5.57. The Balaban J connectivity index is 2.20. The summed E-state index contributed by atoms with van der Waals surface area (Å²) < 4.78 is 5.46. The van der Waals surface area contributed by atoms with E-state index in [1.165, 1.54) is 5.39 Å². The zero-order valence-electron chi connectivity index (χ0n) is 9.66. The predicted octanol–water partition coefficient (Wildman–Crippen LogP) is 4.46. The third-order valence-electron chi connectivity index (χ3n) is 2.87. The number of para-hydroxylation sites is 1. The average molecular weight is 223 g/mol. The Morgan fingerprint density at radius 1 is 1.24 bits per heavy atom. The number of furan rings is 1. The second-order valence-electron chi connectivity index (χ2n) is 4.21. The number of H-pyrrole nitrogens is 1. The van der Waals surface area contributed by atoms with Crippen molar-refractivity contribution < 1.29 is 4.42 Å². The Hall–Kier alpha value is -2.22. The van der Waals surface area contributed by atoms with Gasteiger partial charge in [0.25, 0.3) is 0 Å². The van der Waals surface area contributed by atoms with E-state index in [0.29, 0.717) is 0 Å². The van der Waals surface area contributed by atoms with Gasteiger partial charge in [0.15, 0.2) is 0 Å². The molecule has 0 atom stereocenters. The molecule has 0 saturated heterocycles. The highest BCUT2D eigenvalue weighted by atomic mass is 16.3. The molecule has 0 aliphatic heterocycles. The van der Waals surface area contributed by atoms with Gasteiger partial charge >= 0.3 is 0 Å². The molecule has 0 aliphatic rings. The fraction of sp³-hybridized carbons (Fsp3) is 0.0667. The van der Waals surface area contributed by atoms with Crippen molar-refractivity contribution in [1.82, 2.24) is 4.98 Å². The molecule has 0 aliphatic carbocycles. The summed E-state index contributed by atoms with van der Waals surface area (Å²) in [6, 6.07) is 12.3. The molecule has 2 heteroatoms. The van der Waals surface area contributed by atoms with Crippen LogP contribution in [0.3, 0.4) is 0 Å². The smallest absolute Gasteiger partial charge is 0.138 e. The lowest BCUT2D eigenvalue weighted by molar-refractivity contribution is 0.554. The molecule has 1 N–H and O–H groups in total. The van der Waals surface area contributed by atoms with Crippen molar-refractivity contribution in [2.45, 2.75) is 6.92 Å². The maximum absolute atomic E-state index is 5.46. The molecule has 3 aromatic rings. The van der Waals surface area contributed by atoms with Crippen molar-refractivity contribution in [1.29, 1.82) is 0 Å². The number of rotatable bonds is 2. The molecule has 0 fully saturated rings. The summed E-state index contributed by atoms with van der Waals surface area (Å²) in [6.45, 7) is 5.88. The normalized spacial score (nSPS) is 10.9. The van der Waals surface area contributed by atoms with E-state index in [1.54, 1.807) is 6.26 Å². The van der Waals surface area contributed by atoms with Crippen molar-refractivity contribution in [3.8, 4) is 11.3 Å². The summed E-state index contributed by atoms with van der Waals surface area (Å²) in [4.78, 5) is 3.39. The third-order valence-corrected chi connectivity index (χ3v) is 2.87. The van der Waals surface area contributed by atoms with Crippen LogP contribution < -0.4 is 0 Å². The van der Waals surface area contributed by atoms with Crippen LogP contribution in [0.4, 0.5) is 0 Å². The Morgan fingerprint density at radius 2 is 2.06 bits per heavy atom. The number of allylic oxidation sites excluding steroid dienone is 1. The van der Waals surface area contributed by atoms with E-state index in [2.05, 4.69) is 29.8 Å². The fourth-order valence-electron chi connectivity index (χ4n) is 2.07. The van der Waals surface area contributed by atoms with Crippen LogP contribution in [0.1, 0.15) is 12.7 Å². The van der Waals surface area contributed by atoms with Gasteiger partial charge in [-0.15, -0.1) is 0 Å². The first-order chi connectivity index (χ1) is 8.25. The van der Waals surface area contributed by atoms with E-state index in [9.17, 15) is 0 Å². The standard InChI is InChI=1S/C15H13NO/c1-10(2)15-12(7-8-17-15)14-9-11-5-3-4-6-13(11)16-14/h3-9,16H,1H2,2H3. The number of nitrogens with one attached hydrogen (secondary N) is 1. The lowest BCUT2D eigenvalue weighted by Crippen LogP contribution is -1.79. The Morgan fingerprint density at radius 3 is 2.82 bits per heavy atom. The van der Waals surface area contributed by atoms with E-state index < -0.39 is 0 Å². The molecular weight excluding hydrogens is 210 g/mol. The number of fused-ring (bicyclic) bond motifs is 1. The number of benzene rings is 1. The molecule has 2 aromatic heterocycles. The minimum absolute atomic E-state index is 0.844. The Bertz CT molecular complexity index is 655. The molecule has 0 unspecified atom stereocenters. The second-order valence-corrected chi connectivity index (χ2v) is 4.21. The van der Waals surface area contributed by atoms with Gasteiger partial charge in [0.1, 0.15) is 5.76 Å². The number of hydrogen-bond acceptors (Lipinski definition) is 1. The molecule has 1 aromatic carbocycles. The third kappa shape index (κ3) is 1.58. The van der Waals surface area contributed by atoms with Crippen LogP contribution in [-0.4, -0.2) is 4.98 Å². The lowest BCUT2D eigenvalue weighted by Gasteiger charge is -1.98. The molecule has 0 spiro atoms. The van der Waals surface area contributed by atoms with Crippen molar-refractivity contribution in [3.05, 3.63) is 55.0 Å². The molecule has 84 valence electrons. The van der Waals surface area contributed by atoms with Crippen LogP contribution in [0.15, 0.2) is 53.7 Å². The molecule has 17 heavy (non-hydrogen) atoms. The minimum atomic E-state index is 0.844. The molecule has 0 amide bonds. The zero-order chi connectivity index (χ0) is 11.8. The quantitative estimate of drug-likeness (QED) is 0.682. The molecule has 2 heterocycles. The monoisotopic (exact) mass is 223 g/mol. The van der Waals surface area contributed by atoms with Gasteiger partial charge in [0.05, 0.1) is 12.0 Å². The van der Waals surface area contributed by atoms with E-state index in [4.69, 9.17) is 4.42 Å². The Kier molecular flexibility index (Phi) is 2.15. The number of aromatic amines is 1. The van der Waals surface area contributed by atoms with Gasteiger partial charge in [-0.2, -0.15) is 0 Å². The van der Waals surface area contributed by atoms with Crippen LogP contribution in [0.5, 0.6) is 0 Å². The van der Waals surface area contributed by atoms with Crippen molar-refractivity contribution in [2.75, 3.05) is 0 Å². The molecular formula is C15H13NO. The first-order valence-corrected chi connectivity index (χ1v) is 5.57. The molecule has 0 bridgehead atoms. The summed E-state index contributed by atoms with van der Waals surface area (Å²) >= 11 is 0. The van der Waals surface area contributed by atoms with E-state index in [0.717, 1.165) is 28.1 Å².